The summed E-state index contributed by atoms with van der Waals surface area (Å²) in [5.41, 5.74) is 3.01. The zero-order chi connectivity index (χ0) is 18.1. The monoisotopic (exact) mass is 364 g/mol. The fourth-order valence-corrected chi connectivity index (χ4v) is 12.5. The van der Waals surface area contributed by atoms with Gasteiger partial charge in [0.05, 0.1) is 13.5 Å². The van der Waals surface area contributed by atoms with Gasteiger partial charge in [-0.2, -0.15) is 0 Å². The number of benzene rings is 2. The summed E-state index contributed by atoms with van der Waals surface area (Å²) in [6.45, 7) is 12.5. The SMILES string of the molecule is CC1(C)C2CC(c3ccccc3)(c3ccccc3)C(=S)C21[Si](C)(C)C. The normalized spacial score (nSPS) is 29.3. The average Bonchev–Trinajstić information content (AvgIpc) is 2.92. The molecule has 2 atom stereocenters. The van der Waals surface area contributed by atoms with Gasteiger partial charge in [0.25, 0.3) is 0 Å². The number of hydrogen-bond donors (Lipinski definition) is 0. The predicted octanol–water partition coefficient (Wildman–Crippen LogP) is 6.48. The third-order valence-corrected chi connectivity index (χ3v) is 11.8. The van der Waals surface area contributed by atoms with E-state index in [1.807, 2.05) is 0 Å². The van der Waals surface area contributed by atoms with Crippen LogP contribution in [0.5, 0.6) is 0 Å². The van der Waals surface area contributed by atoms with Gasteiger partial charge in [-0.15, -0.1) is 0 Å². The van der Waals surface area contributed by atoms with Crippen LogP contribution in [0.2, 0.25) is 24.7 Å². The van der Waals surface area contributed by atoms with E-state index in [4.69, 9.17) is 12.2 Å². The maximum atomic E-state index is 6.42. The average molecular weight is 365 g/mol. The van der Waals surface area contributed by atoms with E-state index >= 15 is 0 Å². The Morgan fingerprint density at radius 1 is 0.840 bits per heavy atom. The van der Waals surface area contributed by atoms with Crippen molar-refractivity contribution in [3.63, 3.8) is 0 Å². The van der Waals surface area contributed by atoms with Crippen LogP contribution in [0.4, 0.5) is 0 Å². The molecule has 0 radical (unpaired) electrons. The van der Waals surface area contributed by atoms with Crippen molar-refractivity contribution in [2.24, 2.45) is 11.3 Å². The molecular formula is C23H28SSi. The van der Waals surface area contributed by atoms with E-state index in [-0.39, 0.29) is 10.5 Å². The summed E-state index contributed by atoms with van der Waals surface area (Å²) in [5, 5.41) is 0.265. The molecule has 130 valence electrons. The van der Waals surface area contributed by atoms with E-state index in [1.54, 1.807) is 0 Å². The minimum atomic E-state index is -1.47. The van der Waals surface area contributed by atoms with Crippen LogP contribution >= 0.6 is 12.2 Å². The molecule has 2 saturated carbocycles. The maximum Gasteiger partial charge on any atom is 0.0575 e. The lowest BCUT2D eigenvalue weighted by molar-refractivity contribution is 0.468. The van der Waals surface area contributed by atoms with Gasteiger partial charge >= 0.3 is 0 Å². The van der Waals surface area contributed by atoms with E-state index in [1.165, 1.54) is 16.0 Å². The highest BCUT2D eigenvalue weighted by atomic mass is 32.1. The molecule has 0 aliphatic heterocycles. The zero-order valence-corrected chi connectivity index (χ0v) is 17.8. The van der Waals surface area contributed by atoms with Crippen molar-refractivity contribution in [2.45, 2.75) is 50.4 Å². The fraction of sp³-hybridized carbons (Fsp3) is 0.435. The summed E-state index contributed by atoms with van der Waals surface area (Å²) < 4.78 is 0. The van der Waals surface area contributed by atoms with Gasteiger partial charge in [0.1, 0.15) is 0 Å². The van der Waals surface area contributed by atoms with Crippen LogP contribution in [-0.4, -0.2) is 12.9 Å². The molecule has 2 aliphatic rings. The Balaban J connectivity index is 1.97. The molecule has 2 fully saturated rings. The van der Waals surface area contributed by atoms with Crippen molar-refractivity contribution in [2.75, 3.05) is 0 Å². The molecule has 2 heteroatoms. The first-order valence-electron chi connectivity index (χ1n) is 9.36. The highest BCUT2D eigenvalue weighted by Crippen LogP contribution is 2.87. The Bertz CT molecular complexity index is 765. The molecule has 25 heavy (non-hydrogen) atoms. The molecule has 0 nitrogen and oxygen atoms in total. The lowest BCUT2D eigenvalue weighted by Crippen LogP contribution is -2.45. The van der Waals surface area contributed by atoms with Crippen LogP contribution in [0.3, 0.4) is 0 Å². The van der Waals surface area contributed by atoms with Crippen LogP contribution in [-0.2, 0) is 5.41 Å². The Morgan fingerprint density at radius 2 is 1.28 bits per heavy atom. The quantitative estimate of drug-likeness (QED) is 0.443. The van der Waals surface area contributed by atoms with Crippen molar-refractivity contribution in [3.8, 4) is 0 Å². The first-order chi connectivity index (χ1) is 11.7. The second-order valence-electron chi connectivity index (χ2n) is 9.50. The minimum Gasteiger partial charge on any atom is -0.0880 e. The molecule has 2 aliphatic carbocycles. The second kappa shape index (κ2) is 5.14. The molecule has 0 spiro atoms. The molecule has 0 N–H and O–H groups in total. The topological polar surface area (TPSA) is 0 Å². The Hall–Kier alpha value is -1.25. The van der Waals surface area contributed by atoms with Crippen LogP contribution in [0.1, 0.15) is 31.4 Å². The van der Waals surface area contributed by atoms with Crippen molar-refractivity contribution >= 4 is 25.2 Å². The van der Waals surface area contributed by atoms with Gasteiger partial charge in [-0.3, -0.25) is 0 Å². The van der Waals surface area contributed by atoms with E-state index in [0.29, 0.717) is 11.3 Å². The predicted molar refractivity (Wildman–Crippen MR) is 114 cm³/mol. The number of hydrogen-bond acceptors (Lipinski definition) is 1. The molecule has 0 bridgehead atoms. The summed E-state index contributed by atoms with van der Waals surface area (Å²) in [6.07, 6.45) is 1.16. The van der Waals surface area contributed by atoms with E-state index in [2.05, 4.69) is 94.2 Å². The van der Waals surface area contributed by atoms with Gasteiger partial charge in [-0.25, -0.2) is 0 Å². The maximum absolute atomic E-state index is 6.42. The van der Waals surface area contributed by atoms with Gasteiger partial charge in [0.15, 0.2) is 0 Å². The standard InChI is InChI=1S/C23H28SSi/c1-21(2)19-16-22(17-12-8-6-9-13-17,18-14-10-7-11-15-18)20(24)23(19,21)25(3,4)5/h6-15,19H,16H2,1-5H3. The molecule has 2 unspecified atom stereocenters. The minimum absolute atomic E-state index is 0.0989. The van der Waals surface area contributed by atoms with Crippen LogP contribution in [0.25, 0.3) is 0 Å². The zero-order valence-electron chi connectivity index (χ0n) is 16.0. The summed E-state index contributed by atoms with van der Waals surface area (Å²) in [6, 6.07) is 22.0. The lowest BCUT2D eigenvalue weighted by atomic mass is 9.68. The fourth-order valence-electron chi connectivity index (χ4n) is 6.40. The lowest BCUT2D eigenvalue weighted by Gasteiger charge is -2.41. The molecule has 4 rings (SSSR count). The molecule has 0 saturated heterocycles. The largest absolute Gasteiger partial charge is 0.0880 e. The highest BCUT2D eigenvalue weighted by Gasteiger charge is 2.83. The summed E-state index contributed by atoms with van der Waals surface area (Å²) in [4.78, 5) is 1.33. The Morgan fingerprint density at radius 3 is 1.64 bits per heavy atom. The van der Waals surface area contributed by atoms with E-state index in [9.17, 15) is 0 Å². The van der Waals surface area contributed by atoms with Gasteiger partial charge < -0.3 is 0 Å². The van der Waals surface area contributed by atoms with Crippen LogP contribution in [0, 0.1) is 11.3 Å². The van der Waals surface area contributed by atoms with Crippen molar-refractivity contribution < 1.29 is 0 Å². The van der Waals surface area contributed by atoms with Crippen molar-refractivity contribution in [1.29, 1.82) is 0 Å². The molecule has 2 aromatic rings. The number of thiocarbonyl (C=S) groups is 1. The molecule has 0 heterocycles. The smallest absolute Gasteiger partial charge is 0.0575 e. The van der Waals surface area contributed by atoms with Crippen LogP contribution < -0.4 is 0 Å². The number of fused-ring (bicyclic) bond motifs is 1. The van der Waals surface area contributed by atoms with Gasteiger partial charge in [-0.1, -0.05) is 106 Å². The van der Waals surface area contributed by atoms with E-state index < -0.39 is 8.07 Å². The van der Waals surface area contributed by atoms with Crippen molar-refractivity contribution in [3.05, 3.63) is 71.8 Å². The summed E-state index contributed by atoms with van der Waals surface area (Å²) in [5.74, 6) is 0.708. The molecular weight excluding hydrogens is 336 g/mol. The van der Waals surface area contributed by atoms with Crippen molar-refractivity contribution in [1.82, 2.24) is 0 Å². The van der Waals surface area contributed by atoms with Gasteiger partial charge in [0, 0.05) is 9.90 Å². The van der Waals surface area contributed by atoms with Crippen LogP contribution in [0.15, 0.2) is 60.7 Å². The summed E-state index contributed by atoms with van der Waals surface area (Å²) in [7, 11) is -1.47. The third-order valence-electron chi connectivity index (χ3n) is 7.30. The number of rotatable bonds is 3. The molecule has 0 aromatic heterocycles. The Labute approximate surface area is 158 Å². The van der Waals surface area contributed by atoms with E-state index in [0.717, 1.165) is 6.42 Å². The summed E-state index contributed by atoms with van der Waals surface area (Å²) >= 11 is 6.42. The Kier molecular flexibility index (Phi) is 3.53. The van der Waals surface area contributed by atoms with Gasteiger partial charge in [-0.05, 0) is 28.9 Å². The first kappa shape index (κ1) is 17.2. The first-order valence-corrected chi connectivity index (χ1v) is 13.3. The van der Waals surface area contributed by atoms with Gasteiger partial charge in [0.2, 0.25) is 0 Å². The second-order valence-corrected chi connectivity index (χ2v) is 15.2. The molecule has 0 amide bonds. The highest BCUT2D eigenvalue weighted by molar-refractivity contribution is 7.81. The third kappa shape index (κ3) is 1.90. The molecule has 2 aromatic carbocycles.